The maximum atomic E-state index is 6.59. The van der Waals surface area contributed by atoms with E-state index in [2.05, 4.69) is 74.5 Å². The Balaban J connectivity index is 1.59. The summed E-state index contributed by atoms with van der Waals surface area (Å²) in [6.45, 7) is 9.16. The second-order valence-electron chi connectivity index (χ2n) is 9.07. The first-order valence-electron chi connectivity index (χ1n) is 10.4. The summed E-state index contributed by atoms with van der Waals surface area (Å²) in [5.74, 6) is 1.22. The van der Waals surface area contributed by atoms with Gasteiger partial charge in [0, 0.05) is 28.8 Å². The van der Waals surface area contributed by atoms with Crippen molar-refractivity contribution < 1.29 is 9.47 Å². The van der Waals surface area contributed by atoms with Crippen molar-refractivity contribution >= 4 is 0 Å². The fourth-order valence-electron chi connectivity index (χ4n) is 7.49. The minimum atomic E-state index is 0.183. The number of benzene rings is 2. The zero-order valence-corrected chi connectivity index (χ0v) is 16.7. The van der Waals surface area contributed by atoms with Crippen LogP contribution in [0.5, 0.6) is 0 Å². The molecule has 0 aromatic heterocycles. The fraction of sp³-hybridized carbons (Fsp3) is 0.520. The topological polar surface area (TPSA) is 18.5 Å². The first-order chi connectivity index (χ1) is 13.1. The molecule has 0 aliphatic heterocycles. The van der Waals surface area contributed by atoms with Gasteiger partial charge in [0.1, 0.15) is 0 Å². The molecule has 0 heterocycles. The van der Waals surface area contributed by atoms with Gasteiger partial charge in [-0.05, 0) is 30.4 Å². The van der Waals surface area contributed by atoms with Gasteiger partial charge in [0.05, 0.1) is 19.3 Å². The lowest BCUT2D eigenvalue weighted by atomic mass is 9.71. The van der Waals surface area contributed by atoms with Crippen molar-refractivity contribution in [1.82, 2.24) is 0 Å². The van der Waals surface area contributed by atoms with Gasteiger partial charge in [-0.25, -0.2) is 0 Å². The predicted molar refractivity (Wildman–Crippen MR) is 108 cm³/mol. The summed E-state index contributed by atoms with van der Waals surface area (Å²) in [5.41, 5.74) is 3.59. The molecule has 2 aromatic carbocycles. The smallest absolute Gasteiger partial charge is 0.0704 e. The van der Waals surface area contributed by atoms with Gasteiger partial charge in [0.2, 0.25) is 0 Å². The van der Waals surface area contributed by atoms with Gasteiger partial charge < -0.3 is 9.47 Å². The van der Waals surface area contributed by atoms with Crippen LogP contribution in [0.1, 0.15) is 44.2 Å². The van der Waals surface area contributed by atoms with Gasteiger partial charge in [0.25, 0.3) is 0 Å². The second kappa shape index (κ2) is 5.93. The molecule has 4 saturated carbocycles. The molecule has 2 heteroatoms. The van der Waals surface area contributed by atoms with Crippen molar-refractivity contribution in [2.45, 2.75) is 44.6 Å². The van der Waals surface area contributed by atoms with Crippen molar-refractivity contribution in [2.75, 3.05) is 19.8 Å². The summed E-state index contributed by atoms with van der Waals surface area (Å²) >= 11 is 0. The van der Waals surface area contributed by atoms with E-state index in [1.807, 2.05) is 6.92 Å². The molecule has 6 atom stereocenters. The van der Waals surface area contributed by atoms with Crippen molar-refractivity contribution in [3.05, 3.63) is 71.8 Å². The Hall–Kier alpha value is -1.64. The third-order valence-electron chi connectivity index (χ3n) is 8.08. The van der Waals surface area contributed by atoms with Gasteiger partial charge in [-0.3, -0.25) is 0 Å². The molecule has 6 rings (SSSR count). The van der Waals surface area contributed by atoms with E-state index < -0.39 is 0 Å². The van der Waals surface area contributed by atoms with E-state index in [9.17, 15) is 0 Å². The minimum Gasteiger partial charge on any atom is -0.379 e. The first-order valence-corrected chi connectivity index (χ1v) is 10.4. The highest BCUT2D eigenvalue weighted by Crippen LogP contribution is 2.94. The lowest BCUT2D eigenvalue weighted by Crippen LogP contribution is -2.34. The highest BCUT2D eigenvalue weighted by atomic mass is 16.5. The zero-order chi connectivity index (χ0) is 18.7. The Bertz CT molecular complexity index is 815. The molecular formula is C25H30O2. The van der Waals surface area contributed by atoms with Crippen molar-refractivity contribution in [1.29, 1.82) is 0 Å². The molecule has 4 aliphatic rings. The van der Waals surface area contributed by atoms with Crippen LogP contribution < -0.4 is 0 Å². The summed E-state index contributed by atoms with van der Waals surface area (Å²) in [7, 11) is 0. The van der Waals surface area contributed by atoms with Crippen LogP contribution in [-0.4, -0.2) is 25.9 Å². The van der Waals surface area contributed by atoms with E-state index in [4.69, 9.17) is 9.47 Å². The number of hydrogen-bond acceptors (Lipinski definition) is 2. The first kappa shape index (κ1) is 17.5. The normalized spacial score (nSPS) is 41.1. The van der Waals surface area contributed by atoms with Crippen LogP contribution >= 0.6 is 0 Å². The molecule has 0 saturated heterocycles. The molecule has 0 radical (unpaired) electrons. The summed E-state index contributed by atoms with van der Waals surface area (Å²) in [4.78, 5) is 0. The Morgan fingerprint density at radius 1 is 0.926 bits per heavy atom. The third kappa shape index (κ3) is 1.98. The quantitative estimate of drug-likeness (QED) is 0.631. The Kier molecular flexibility index (Phi) is 3.83. The molecule has 4 aliphatic carbocycles. The lowest BCUT2D eigenvalue weighted by Gasteiger charge is -2.34. The van der Waals surface area contributed by atoms with Crippen LogP contribution in [-0.2, 0) is 14.9 Å². The molecule has 2 aromatic rings. The van der Waals surface area contributed by atoms with Crippen LogP contribution in [0.15, 0.2) is 60.7 Å². The van der Waals surface area contributed by atoms with Gasteiger partial charge in [-0.15, -0.1) is 0 Å². The van der Waals surface area contributed by atoms with Crippen LogP contribution in [0.25, 0.3) is 0 Å². The molecule has 0 amide bonds. The standard InChI is InChI=1S/C25H30O2/c1-4-26-15-16-27-22-23(2)17-20-24(22,3)25(20,19-13-9-6-10-14-19)21(23)18-11-7-5-8-12-18/h5-14,20-22H,4,15-17H2,1-3H3/t20-,21+,22-,23-,24-,25-/m0/s1. The Morgan fingerprint density at radius 3 is 2.26 bits per heavy atom. The highest BCUT2D eigenvalue weighted by Gasteiger charge is 2.94. The average Bonchev–Trinajstić information content (AvgIpc) is 2.91. The molecule has 0 unspecified atom stereocenters. The Morgan fingerprint density at radius 2 is 1.59 bits per heavy atom. The average molecular weight is 363 g/mol. The van der Waals surface area contributed by atoms with Crippen molar-refractivity contribution in [2.24, 2.45) is 16.7 Å². The molecule has 0 N–H and O–H groups in total. The second-order valence-corrected chi connectivity index (χ2v) is 9.07. The Labute approximate surface area is 162 Å². The minimum absolute atomic E-state index is 0.183. The van der Waals surface area contributed by atoms with Crippen molar-refractivity contribution in [3.8, 4) is 0 Å². The molecule has 27 heavy (non-hydrogen) atoms. The summed E-state index contributed by atoms with van der Waals surface area (Å²) in [6.07, 6.45) is 1.55. The monoisotopic (exact) mass is 362 g/mol. The van der Waals surface area contributed by atoms with Crippen LogP contribution in [0.2, 0.25) is 0 Å². The summed E-state index contributed by atoms with van der Waals surface area (Å²) in [5, 5.41) is 0. The third-order valence-corrected chi connectivity index (χ3v) is 8.08. The highest BCUT2D eigenvalue weighted by molar-refractivity contribution is 5.58. The van der Waals surface area contributed by atoms with E-state index in [0.717, 1.165) is 6.61 Å². The van der Waals surface area contributed by atoms with E-state index in [-0.39, 0.29) is 16.2 Å². The molecule has 2 nitrogen and oxygen atoms in total. The van der Waals surface area contributed by atoms with Crippen LogP contribution in [0.3, 0.4) is 0 Å². The van der Waals surface area contributed by atoms with Crippen LogP contribution in [0, 0.1) is 16.7 Å². The lowest BCUT2D eigenvalue weighted by molar-refractivity contribution is -0.0547. The van der Waals surface area contributed by atoms with Crippen LogP contribution in [0.4, 0.5) is 0 Å². The van der Waals surface area contributed by atoms with E-state index in [0.29, 0.717) is 31.2 Å². The van der Waals surface area contributed by atoms with Gasteiger partial charge in [-0.1, -0.05) is 74.5 Å². The maximum Gasteiger partial charge on any atom is 0.0704 e. The predicted octanol–water partition coefficient (Wildman–Crippen LogP) is 5.19. The zero-order valence-electron chi connectivity index (χ0n) is 16.7. The van der Waals surface area contributed by atoms with Gasteiger partial charge in [-0.2, -0.15) is 0 Å². The maximum absolute atomic E-state index is 6.59. The molecule has 0 spiro atoms. The van der Waals surface area contributed by atoms with E-state index in [1.165, 1.54) is 17.5 Å². The summed E-state index contributed by atoms with van der Waals surface area (Å²) < 4.78 is 12.1. The van der Waals surface area contributed by atoms with E-state index >= 15 is 0 Å². The number of ether oxygens (including phenoxy) is 2. The SMILES string of the molecule is CCOCCO[C@H]1[C@@]2(C)C[C@H]3[C@]1(C)[C@]3(c1ccccc1)[C@@H]2c1ccccc1. The number of rotatable bonds is 7. The molecule has 142 valence electrons. The van der Waals surface area contributed by atoms with E-state index in [1.54, 1.807) is 0 Å². The van der Waals surface area contributed by atoms with Crippen molar-refractivity contribution in [3.63, 3.8) is 0 Å². The largest absolute Gasteiger partial charge is 0.379 e. The fourth-order valence-corrected chi connectivity index (χ4v) is 7.49. The van der Waals surface area contributed by atoms with Gasteiger partial charge in [0.15, 0.2) is 0 Å². The molecule has 4 bridgehead atoms. The molecule has 4 fully saturated rings. The van der Waals surface area contributed by atoms with Gasteiger partial charge >= 0.3 is 0 Å². The number of hydrogen-bond donors (Lipinski definition) is 0. The molecular weight excluding hydrogens is 332 g/mol. The summed E-state index contributed by atoms with van der Waals surface area (Å²) in [6, 6.07) is 22.4.